The number of carbonyl (C=O) groups excluding carboxylic acids is 1. The molecule has 0 radical (unpaired) electrons. The van der Waals surface area contributed by atoms with Crippen LogP contribution in [0.4, 0.5) is 0 Å². The van der Waals surface area contributed by atoms with Crippen LogP contribution in [0.3, 0.4) is 0 Å². The summed E-state index contributed by atoms with van der Waals surface area (Å²) >= 11 is 0. The topological polar surface area (TPSA) is 30.0 Å². The summed E-state index contributed by atoms with van der Waals surface area (Å²) < 4.78 is 0. The van der Waals surface area contributed by atoms with Crippen LogP contribution in [-0.4, -0.2) is 10.8 Å². The fraction of sp³-hybridized carbons (Fsp3) is 0.200. The van der Waals surface area contributed by atoms with Gasteiger partial charge in [-0.2, -0.15) is 0 Å². The van der Waals surface area contributed by atoms with Crippen LogP contribution in [0.5, 0.6) is 0 Å². The summed E-state index contributed by atoms with van der Waals surface area (Å²) in [5.41, 5.74) is 2.04. The van der Waals surface area contributed by atoms with Crippen molar-refractivity contribution in [1.29, 1.82) is 0 Å². The highest BCUT2D eigenvalue weighted by atomic mass is 16.1. The first kappa shape index (κ1) is 11.5. The van der Waals surface area contributed by atoms with Gasteiger partial charge in [0, 0.05) is 24.7 Å². The van der Waals surface area contributed by atoms with Crippen molar-refractivity contribution in [1.82, 2.24) is 4.98 Å². The number of hydrogen-bond acceptors (Lipinski definition) is 2. The van der Waals surface area contributed by atoms with Crippen molar-refractivity contribution >= 4 is 5.78 Å². The Hall–Kier alpha value is -1.96. The summed E-state index contributed by atoms with van der Waals surface area (Å²) in [5, 5.41) is 0. The first-order valence-corrected chi connectivity index (χ1v) is 5.74. The van der Waals surface area contributed by atoms with E-state index in [0.29, 0.717) is 6.42 Å². The van der Waals surface area contributed by atoms with Crippen molar-refractivity contribution in [2.45, 2.75) is 19.3 Å². The third-order valence-corrected chi connectivity index (χ3v) is 2.88. The van der Waals surface area contributed by atoms with E-state index in [9.17, 15) is 4.79 Å². The minimum Gasteiger partial charge on any atom is -0.299 e. The average molecular weight is 225 g/mol. The first-order valence-electron chi connectivity index (χ1n) is 5.74. The Labute approximate surface area is 101 Å². The normalized spacial score (nSPS) is 12.1. The number of carbonyl (C=O) groups is 1. The van der Waals surface area contributed by atoms with E-state index in [1.807, 2.05) is 49.4 Å². The van der Waals surface area contributed by atoms with Gasteiger partial charge in [0.15, 0.2) is 0 Å². The minimum absolute atomic E-state index is 0.0589. The standard InChI is InChI=1S/C15H15NO/c1-12(14-7-3-2-4-8-14)15(17)10-13-6-5-9-16-11-13/h2-9,11-12H,10H2,1H3. The van der Waals surface area contributed by atoms with Gasteiger partial charge in [0.1, 0.15) is 5.78 Å². The van der Waals surface area contributed by atoms with Crippen molar-refractivity contribution < 1.29 is 4.79 Å². The molecule has 0 saturated carbocycles. The maximum atomic E-state index is 12.1. The molecule has 86 valence electrons. The minimum atomic E-state index is -0.0589. The molecule has 2 aromatic rings. The summed E-state index contributed by atoms with van der Waals surface area (Å²) in [7, 11) is 0. The summed E-state index contributed by atoms with van der Waals surface area (Å²) in [4.78, 5) is 16.1. The van der Waals surface area contributed by atoms with E-state index in [2.05, 4.69) is 4.98 Å². The lowest BCUT2D eigenvalue weighted by Crippen LogP contribution is -2.12. The third kappa shape index (κ3) is 3.00. The molecule has 1 atom stereocenters. The highest BCUT2D eigenvalue weighted by Gasteiger charge is 2.14. The van der Waals surface area contributed by atoms with Crippen molar-refractivity contribution in [2.24, 2.45) is 0 Å². The van der Waals surface area contributed by atoms with Gasteiger partial charge < -0.3 is 0 Å². The molecule has 2 nitrogen and oxygen atoms in total. The molecular weight excluding hydrogens is 210 g/mol. The van der Waals surface area contributed by atoms with E-state index in [0.717, 1.165) is 11.1 Å². The third-order valence-electron chi connectivity index (χ3n) is 2.88. The van der Waals surface area contributed by atoms with Crippen LogP contribution in [0.25, 0.3) is 0 Å². The number of aromatic nitrogens is 1. The predicted molar refractivity (Wildman–Crippen MR) is 67.8 cm³/mol. The predicted octanol–water partition coefficient (Wildman–Crippen LogP) is 3.00. The second-order valence-corrected chi connectivity index (χ2v) is 4.14. The number of pyridine rings is 1. The van der Waals surface area contributed by atoms with Crippen molar-refractivity contribution in [3.05, 3.63) is 66.0 Å². The lowest BCUT2D eigenvalue weighted by Gasteiger charge is -2.10. The van der Waals surface area contributed by atoms with E-state index in [1.165, 1.54) is 0 Å². The molecule has 1 heterocycles. The maximum absolute atomic E-state index is 12.1. The number of Topliss-reactive ketones (excluding diaryl/α,β-unsaturated/α-hetero) is 1. The highest BCUT2D eigenvalue weighted by Crippen LogP contribution is 2.17. The molecule has 1 aromatic carbocycles. The zero-order chi connectivity index (χ0) is 12.1. The second kappa shape index (κ2) is 5.39. The van der Waals surface area contributed by atoms with Gasteiger partial charge in [-0.3, -0.25) is 9.78 Å². The SMILES string of the molecule is CC(C(=O)Cc1cccnc1)c1ccccc1. The summed E-state index contributed by atoms with van der Waals surface area (Å²) in [6.45, 7) is 1.95. The Kier molecular flexibility index (Phi) is 3.66. The molecule has 0 amide bonds. The van der Waals surface area contributed by atoms with Crippen LogP contribution < -0.4 is 0 Å². The molecule has 0 fully saturated rings. The van der Waals surface area contributed by atoms with Crippen LogP contribution in [0.15, 0.2) is 54.9 Å². The fourth-order valence-electron chi connectivity index (χ4n) is 1.78. The van der Waals surface area contributed by atoms with Crippen molar-refractivity contribution in [2.75, 3.05) is 0 Å². The van der Waals surface area contributed by atoms with Crippen LogP contribution in [0, 0.1) is 0 Å². The highest BCUT2D eigenvalue weighted by molar-refractivity contribution is 5.87. The molecular formula is C15H15NO. The molecule has 0 spiro atoms. The summed E-state index contributed by atoms with van der Waals surface area (Å²) in [6.07, 6.45) is 3.91. The lowest BCUT2D eigenvalue weighted by molar-refractivity contribution is -0.119. The van der Waals surface area contributed by atoms with E-state index in [-0.39, 0.29) is 11.7 Å². The molecule has 17 heavy (non-hydrogen) atoms. The van der Waals surface area contributed by atoms with Gasteiger partial charge in [0.2, 0.25) is 0 Å². The van der Waals surface area contributed by atoms with Gasteiger partial charge in [-0.05, 0) is 17.2 Å². The van der Waals surface area contributed by atoms with Crippen LogP contribution >= 0.6 is 0 Å². The number of ketones is 1. The number of rotatable bonds is 4. The summed E-state index contributed by atoms with van der Waals surface area (Å²) in [5.74, 6) is 0.167. The number of benzene rings is 1. The quantitative estimate of drug-likeness (QED) is 0.800. The smallest absolute Gasteiger partial charge is 0.144 e. The van der Waals surface area contributed by atoms with Gasteiger partial charge >= 0.3 is 0 Å². The van der Waals surface area contributed by atoms with E-state index in [1.54, 1.807) is 12.4 Å². The molecule has 0 saturated heterocycles. The van der Waals surface area contributed by atoms with Crippen molar-refractivity contribution in [3.63, 3.8) is 0 Å². The molecule has 2 rings (SSSR count). The van der Waals surface area contributed by atoms with Crippen molar-refractivity contribution in [3.8, 4) is 0 Å². The number of nitrogens with zero attached hydrogens (tertiary/aromatic N) is 1. The average Bonchev–Trinajstić information content (AvgIpc) is 2.40. The molecule has 0 N–H and O–H groups in total. The van der Waals surface area contributed by atoms with Gasteiger partial charge in [-0.15, -0.1) is 0 Å². The Morgan fingerprint density at radius 3 is 2.59 bits per heavy atom. The Bertz CT molecular complexity index is 479. The summed E-state index contributed by atoms with van der Waals surface area (Å²) in [6, 6.07) is 13.7. The Morgan fingerprint density at radius 1 is 1.18 bits per heavy atom. The molecule has 0 aliphatic heterocycles. The molecule has 1 aromatic heterocycles. The first-order chi connectivity index (χ1) is 8.27. The van der Waals surface area contributed by atoms with Crippen LogP contribution in [-0.2, 0) is 11.2 Å². The second-order valence-electron chi connectivity index (χ2n) is 4.14. The molecule has 2 heteroatoms. The van der Waals surface area contributed by atoms with Gasteiger partial charge in [-0.25, -0.2) is 0 Å². The zero-order valence-electron chi connectivity index (χ0n) is 9.84. The zero-order valence-corrected chi connectivity index (χ0v) is 9.84. The van der Waals surface area contributed by atoms with Crippen LogP contribution in [0.2, 0.25) is 0 Å². The fourth-order valence-corrected chi connectivity index (χ4v) is 1.78. The van der Waals surface area contributed by atoms with E-state index in [4.69, 9.17) is 0 Å². The lowest BCUT2D eigenvalue weighted by atomic mass is 9.93. The van der Waals surface area contributed by atoms with Gasteiger partial charge in [0.05, 0.1) is 0 Å². The number of hydrogen-bond donors (Lipinski definition) is 0. The molecule has 0 aliphatic rings. The van der Waals surface area contributed by atoms with E-state index < -0.39 is 0 Å². The maximum Gasteiger partial charge on any atom is 0.144 e. The Morgan fingerprint density at radius 2 is 1.94 bits per heavy atom. The van der Waals surface area contributed by atoms with E-state index >= 15 is 0 Å². The molecule has 0 aliphatic carbocycles. The largest absolute Gasteiger partial charge is 0.299 e. The Balaban J connectivity index is 2.06. The monoisotopic (exact) mass is 225 g/mol. The van der Waals surface area contributed by atoms with Crippen LogP contribution in [0.1, 0.15) is 24.0 Å². The van der Waals surface area contributed by atoms with Gasteiger partial charge in [0.25, 0.3) is 0 Å². The molecule has 0 bridgehead atoms. The molecule has 1 unspecified atom stereocenters. The van der Waals surface area contributed by atoms with Gasteiger partial charge in [-0.1, -0.05) is 43.3 Å².